The number of amides is 1. The molecule has 4 N–H and O–H groups in total. The fourth-order valence-corrected chi connectivity index (χ4v) is 1.82. The van der Waals surface area contributed by atoms with Gasteiger partial charge in [0.05, 0.1) is 0 Å². The molecular formula is C15H19N3O. The Morgan fingerprint density at radius 1 is 1.26 bits per heavy atom. The Kier molecular flexibility index (Phi) is 4.36. The maximum atomic E-state index is 11.9. The number of hydrogen-bond acceptors (Lipinski definition) is 2. The van der Waals surface area contributed by atoms with Gasteiger partial charge in [-0.25, -0.2) is 0 Å². The molecule has 1 atom stereocenters. The second kappa shape index (κ2) is 6.20. The van der Waals surface area contributed by atoms with E-state index in [2.05, 4.69) is 10.3 Å². The predicted molar refractivity (Wildman–Crippen MR) is 76.8 cm³/mol. The average Bonchev–Trinajstić information content (AvgIpc) is 2.89. The second-order valence-corrected chi connectivity index (χ2v) is 4.67. The third-order valence-electron chi connectivity index (χ3n) is 2.90. The van der Waals surface area contributed by atoms with Crippen molar-refractivity contribution in [2.75, 3.05) is 6.54 Å². The lowest BCUT2D eigenvalue weighted by Crippen LogP contribution is -2.29. The van der Waals surface area contributed by atoms with Crippen molar-refractivity contribution in [1.82, 2.24) is 10.3 Å². The van der Waals surface area contributed by atoms with Crippen LogP contribution < -0.4 is 11.1 Å². The number of hydrogen-bond donors (Lipinski definition) is 3. The summed E-state index contributed by atoms with van der Waals surface area (Å²) in [5.41, 5.74) is 8.22. The van der Waals surface area contributed by atoms with E-state index in [-0.39, 0.29) is 11.9 Å². The topological polar surface area (TPSA) is 70.9 Å². The van der Waals surface area contributed by atoms with Crippen LogP contribution in [0.3, 0.4) is 0 Å². The summed E-state index contributed by atoms with van der Waals surface area (Å²) in [5, 5.41) is 2.84. The van der Waals surface area contributed by atoms with Gasteiger partial charge < -0.3 is 16.0 Å². The van der Waals surface area contributed by atoms with Crippen LogP contribution in [0.5, 0.6) is 0 Å². The van der Waals surface area contributed by atoms with E-state index in [4.69, 9.17) is 5.73 Å². The van der Waals surface area contributed by atoms with Crippen LogP contribution in [0.15, 0.2) is 42.5 Å². The van der Waals surface area contributed by atoms with Gasteiger partial charge in [0.25, 0.3) is 5.91 Å². The summed E-state index contributed by atoms with van der Waals surface area (Å²) in [7, 11) is 0. The Hall–Kier alpha value is -2.07. The van der Waals surface area contributed by atoms with Gasteiger partial charge in [-0.3, -0.25) is 4.79 Å². The Morgan fingerprint density at radius 3 is 2.68 bits per heavy atom. The smallest absolute Gasteiger partial charge is 0.267 e. The minimum Gasteiger partial charge on any atom is -0.351 e. The standard InChI is InChI=1S/C15H19N3O/c1-11(16)9-10-17-15(19)14-8-7-13(18-14)12-5-3-2-4-6-12/h2-8,11,18H,9-10,16H2,1H3,(H,17,19). The van der Waals surface area contributed by atoms with E-state index in [1.807, 2.05) is 43.3 Å². The molecule has 0 aliphatic heterocycles. The van der Waals surface area contributed by atoms with Gasteiger partial charge in [-0.1, -0.05) is 30.3 Å². The number of carbonyl (C=O) groups is 1. The van der Waals surface area contributed by atoms with E-state index in [9.17, 15) is 4.79 Å². The molecule has 4 heteroatoms. The zero-order valence-electron chi connectivity index (χ0n) is 11.0. The number of rotatable bonds is 5. The van der Waals surface area contributed by atoms with Crippen LogP contribution in [0, 0.1) is 0 Å². The van der Waals surface area contributed by atoms with Crippen molar-refractivity contribution < 1.29 is 4.79 Å². The monoisotopic (exact) mass is 257 g/mol. The van der Waals surface area contributed by atoms with Gasteiger partial charge in [0, 0.05) is 18.3 Å². The number of carbonyl (C=O) groups excluding carboxylic acids is 1. The van der Waals surface area contributed by atoms with Crippen LogP contribution >= 0.6 is 0 Å². The average molecular weight is 257 g/mol. The van der Waals surface area contributed by atoms with Crippen molar-refractivity contribution in [3.63, 3.8) is 0 Å². The Balaban J connectivity index is 1.99. The molecule has 19 heavy (non-hydrogen) atoms. The summed E-state index contributed by atoms with van der Waals surface area (Å²) in [4.78, 5) is 15.0. The molecule has 0 spiro atoms. The van der Waals surface area contributed by atoms with Crippen LogP contribution in [-0.2, 0) is 0 Å². The Morgan fingerprint density at radius 2 is 2.00 bits per heavy atom. The van der Waals surface area contributed by atoms with Crippen molar-refractivity contribution >= 4 is 5.91 Å². The third kappa shape index (κ3) is 3.69. The maximum Gasteiger partial charge on any atom is 0.267 e. The highest BCUT2D eigenvalue weighted by Gasteiger charge is 2.08. The van der Waals surface area contributed by atoms with Gasteiger partial charge in [-0.2, -0.15) is 0 Å². The first-order chi connectivity index (χ1) is 9.16. The summed E-state index contributed by atoms with van der Waals surface area (Å²) < 4.78 is 0. The second-order valence-electron chi connectivity index (χ2n) is 4.67. The molecule has 0 radical (unpaired) electrons. The molecule has 100 valence electrons. The lowest BCUT2D eigenvalue weighted by atomic mass is 10.2. The molecular weight excluding hydrogens is 238 g/mol. The van der Waals surface area contributed by atoms with Crippen LogP contribution in [0.2, 0.25) is 0 Å². The number of nitrogens with two attached hydrogens (primary N) is 1. The predicted octanol–water partition coefficient (Wildman–Crippen LogP) is 2.15. The number of aromatic amines is 1. The maximum absolute atomic E-state index is 11.9. The molecule has 0 saturated heterocycles. The molecule has 0 fully saturated rings. The van der Waals surface area contributed by atoms with Crippen LogP contribution in [0.1, 0.15) is 23.8 Å². The Bertz CT molecular complexity index is 531. The largest absolute Gasteiger partial charge is 0.351 e. The lowest BCUT2D eigenvalue weighted by molar-refractivity contribution is 0.0948. The van der Waals surface area contributed by atoms with Crippen molar-refractivity contribution in [2.24, 2.45) is 5.73 Å². The molecule has 1 amide bonds. The number of aromatic nitrogens is 1. The molecule has 1 unspecified atom stereocenters. The first-order valence-corrected chi connectivity index (χ1v) is 6.45. The molecule has 4 nitrogen and oxygen atoms in total. The van der Waals surface area contributed by atoms with Crippen molar-refractivity contribution in [1.29, 1.82) is 0 Å². The zero-order chi connectivity index (χ0) is 13.7. The normalized spacial score (nSPS) is 12.1. The summed E-state index contributed by atoms with van der Waals surface area (Å²) >= 11 is 0. The fourth-order valence-electron chi connectivity index (χ4n) is 1.82. The van der Waals surface area contributed by atoms with Gasteiger partial charge >= 0.3 is 0 Å². The van der Waals surface area contributed by atoms with Gasteiger partial charge in [-0.15, -0.1) is 0 Å². The quantitative estimate of drug-likeness (QED) is 0.768. The first-order valence-electron chi connectivity index (χ1n) is 6.45. The van der Waals surface area contributed by atoms with E-state index >= 15 is 0 Å². The highest BCUT2D eigenvalue weighted by Crippen LogP contribution is 2.17. The third-order valence-corrected chi connectivity index (χ3v) is 2.90. The summed E-state index contributed by atoms with van der Waals surface area (Å²) in [6.45, 7) is 2.52. The van der Waals surface area contributed by atoms with Crippen LogP contribution in [-0.4, -0.2) is 23.5 Å². The van der Waals surface area contributed by atoms with E-state index in [1.165, 1.54) is 0 Å². The van der Waals surface area contributed by atoms with Gasteiger partial charge in [-0.05, 0) is 31.0 Å². The SMILES string of the molecule is CC(N)CCNC(=O)c1ccc(-c2ccccc2)[nH]1. The molecule has 2 aromatic rings. The fraction of sp³-hybridized carbons (Fsp3) is 0.267. The van der Waals surface area contributed by atoms with Crippen molar-refractivity contribution in [3.05, 3.63) is 48.2 Å². The molecule has 0 aliphatic carbocycles. The summed E-state index contributed by atoms with van der Waals surface area (Å²) in [5.74, 6) is -0.0946. The molecule has 2 rings (SSSR count). The highest BCUT2D eigenvalue weighted by molar-refractivity contribution is 5.93. The molecule has 0 saturated carbocycles. The van der Waals surface area contributed by atoms with Crippen LogP contribution in [0.4, 0.5) is 0 Å². The molecule has 0 bridgehead atoms. The van der Waals surface area contributed by atoms with Gasteiger partial charge in [0.2, 0.25) is 0 Å². The Labute approximate surface area is 113 Å². The zero-order valence-corrected chi connectivity index (χ0v) is 11.0. The number of nitrogens with one attached hydrogen (secondary N) is 2. The molecule has 0 aliphatic rings. The lowest BCUT2D eigenvalue weighted by Gasteiger charge is -2.06. The summed E-state index contributed by atoms with van der Waals surface area (Å²) in [6, 6.07) is 13.7. The van der Waals surface area contributed by atoms with Gasteiger partial charge in [0.1, 0.15) is 5.69 Å². The van der Waals surface area contributed by atoms with E-state index in [0.717, 1.165) is 17.7 Å². The number of benzene rings is 1. The van der Waals surface area contributed by atoms with E-state index in [0.29, 0.717) is 12.2 Å². The minimum atomic E-state index is -0.0946. The first kappa shape index (κ1) is 13.4. The van der Waals surface area contributed by atoms with Gasteiger partial charge in [0.15, 0.2) is 0 Å². The van der Waals surface area contributed by atoms with E-state index in [1.54, 1.807) is 6.07 Å². The van der Waals surface area contributed by atoms with Crippen LogP contribution in [0.25, 0.3) is 11.3 Å². The molecule has 1 aromatic heterocycles. The molecule has 1 aromatic carbocycles. The summed E-state index contributed by atoms with van der Waals surface area (Å²) in [6.07, 6.45) is 0.776. The van der Waals surface area contributed by atoms with E-state index < -0.39 is 0 Å². The number of H-pyrrole nitrogens is 1. The van der Waals surface area contributed by atoms with Crippen molar-refractivity contribution in [2.45, 2.75) is 19.4 Å². The molecule has 1 heterocycles. The minimum absolute atomic E-state index is 0.0946. The highest BCUT2D eigenvalue weighted by atomic mass is 16.1. The van der Waals surface area contributed by atoms with Crippen molar-refractivity contribution in [3.8, 4) is 11.3 Å².